The quantitative estimate of drug-likeness (QED) is 0.667. The van der Waals surface area contributed by atoms with E-state index in [2.05, 4.69) is 0 Å². The summed E-state index contributed by atoms with van der Waals surface area (Å²) in [6.07, 6.45) is 0.800. The monoisotopic (exact) mass is 473 g/mol. The molecule has 2 aromatic rings. The Balaban J connectivity index is 1.37. The predicted molar refractivity (Wildman–Crippen MR) is 125 cm³/mol. The first kappa shape index (κ1) is 22.8. The van der Waals surface area contributed by atoms with E-state index in [1.807, 2.05) is 31.2 Å². The van der Waals surface area contributed by atoms with Crippen LogP contribution < -0.4 is 4.90 Å². The number of thioether (sulfide) groups is 1. The standard InChI is InChI=1S/C23H27N3O4S2/c1-18-7-9-19(10-8-18)32(29,30)25-13-4-12-24(15-16-25)22(27)11-14-26-20-5-2-3-6-21(20)31-17-23(26)28/h2-3,5-10H,4,11-17H2,1H3. The van der Waals surface area contributed by atoms with Crippen molar-refractivity contribution in [2.45, 2.75) is 29.6 Å². The predicted octanol–water partition coefficient (Wildman–Crippen LogP) is 2.75. The number of benzene rings is 2. The fourth-order valence-electron chi connectivity index (χ4n) is 4.01. The highest BCUT2D eigenvalue weighted by Crippen LogP contribution is 2.35. The third kappa shape index (κ3) is 4.84. The van der Waals surface area contributed by atoms with Crippen molar-refractivity contribution >= 4 is 39.3 Å². The Labute approximate surface area is 193 Å². The second-order valence-electron chi connectivity index (χ2n) is 8.00. The molecule has 170 valence electrons. The minimum Gasteiger partial charge on any atom is -0.341 e. The molecule has 0 N–H and O–H groups in total. The van der Waals surface area contributed by atoms with Crippen molar-refractivity contribution in [1.82, 2.24) is 9.21 Å². The molecule has 4 rings (SSSR count). The van der Waals surface area contributed by atoms with Gasteiger partial charge < -0.3 is 9.80 Å². The van der Waals surface area contributed by atoms with Crippen molar-refractivity contribution in [1.29, 1.82) is 0 Å². The molecule has 2 aromatic carbocycles. The zero-order valence-corrected chi connectivity index (χ0v) is 19.7. The number of anilines is 1. The molecule has 9 heteroatoms. The lowest BCUT2D eigenvalue weighted by molar-refractivity contribution is -0.130. The number of hydrogen-bond acceptors (Lipinski definition) is 5. The first-order valence-electron chi connectivity index (χ1n) is 10.7. The number of sulfonamides is 1. The average Bonchev–Trinajstić information content (AvgIpc) is 3.05. The SMILES string of the molecule is Cc1ccc(S(=O)(=O)N2CCCN(C(=O)CCN3C(=O)CSc4ccccc43)CC2)cc1. The number of rotatable bonds is 5. The van der Waals surface area contributed by atoms with Gasteiger partial charge in [-0.15, -0.1) is 11.8 Å². The van der Waals surface area contributed by atoms with E-state index in [1.165, 1.54) is 16.1 Å². The zero-order chi connectivity index (χ0) is 22.7. The van der Waals surface area contributed by atoms with Gasteiger partial charge >= 0.3 is 0 Å². The molecule has 2 heterocycles. The summed E-state index contributed by atoms with van der Waals surface area (Å²) in [5.41, 5.74) is 1.86. The molecule has 2 aliphatic rings. The Morgan fingerprint density at radius 2 is 1.75 bits per heavy atom. The van der Waals surface area contributed by atoms with Crippen LogP contribution in [0.1, 0.15) is 18.4 Å². The molecule has 7 nitrogen and oxygen atoms in total. The molecule has 0 aromatic heterocycles. The van der Waals surface area contributed by atoms with Crippen LogP contribution in [0.15, 0.2) is 58.3 Å². The minimum absolute atomic E-state index is 0.00716. The maximum absolute atomic E-state index is 13.0. The molecule has 0 atom stereocenters. The summed E-state index contributed by atoms with van der Waals surface area (Å²) in [4.78, 5) is 30.0. The number of aryl methyl sites for hydroxylation is 1. The van der Waals surface area contributed by atoms with Crippen LogP contribution in [0.4, 0.5) is 5.69 Å². The molecule has 0 aliphatic carbocycles. The highest BCUT2D eigenvalue weighted by molar-refractivity contribution is 8.00. The molecule has 0 saturated carbocycles. The van der Waals surface area contributed by atoms with E-state index in [1.54, 1.807) is 34.1 Å². The lowest BCUT2D eigenvalue weighted by Crippen LogP contribution is -2.41. The molecule has 1 fully saturated rings. The van der Waals surface area contributed by atoms with Crippen molar-refractivity contribution < 1.29 is 18.0 Å². The molecule has 0 spiro atoms. The number of nitrogens with zero attached hydrogens (tertiary/aromatic N) is 3. The van der Waals surface area contributed by atoms with Gasteiger partial charge in [0.15, 0.2) is 0 Å². The molecule has 2 amide bonds. The van der Waals surface area contributed by atoms with Gasteiger partial charge in [0, 0.05) is 44.0 Å². The van der Waals surface area contributed by atoms with Gasteiger partial charge in [-0.25, -0.2) is 8.42 Å². The molecule has 0 unspecified atom stereocenters. The third-order valence-electron chi connectivity index (χ3n) is 5.82. The van der Waals surface area contributed by atoms with E-state index < -0.39 is 10.0 Å². The van der Waals surface area contributed by atoms with Crippen LogP contribution in [0.2, 0.25) is 0 Å². The summed E-state index contributed by atoms with van der Waals surface area (Å²) in [5, 5.41) is 0. The molecule has 1 saturated heterocycles. The van der Waals surface area contributed by atoms with Crippen molar-refractivity contribution in [2.75, 3.05) is 43.4 Å². The van der Waals surface area contributed by atoms with Gasteiger partial charge in [-0.2, -0.15) is 4.31 Å². The van der Waals surface area contributed by atoms with E-state index in [4.69, 9.17) is 0 Å². The minimum atomic E-state index is -3.58. The Bertz CT molecular complexity index is 1100. The summed E-state index contributed by atoms with van der Waals surface area (Å²) in [6, 6.07) is 14.6. The maximum Gasteiger partial charge on any atom is 0.243 e. The fourth-order valence-corrected chi connectivity index (χ4v) is 6.41. The second kappa shape index (κ2) is 9.64. The zero-order valence-electron chi connectivity index (χ0n) is 18.1. The number of carbonyl (C=O) groups is 2. The van der Waals surface area contributed by atoms with Crippen molar-refractivity contribution in [3.8, 4) is 0 Å². The Kier molecular flexibility index (Phi) is 6.88. The second-order valence-corrected chi connectivity index (χ2v) is 11.0. The van der Waals surface area contributed by atoms with Crippen LogP contribution in [0.3, 0.4) is 0 Å². The average molecular weight is 474 g/mol. The number of hydrogen-bond donors (Lipinski definition) is 0. The van der Waals surface area contributed by atoms with Crippen molar-refractivity contribution in [2.24, 2.45) is 0 Å². The lowest BCUT2D eigenvalue weighted by Gasteiger charge is -2.29. The molecule has 0 bridgehead atoms. The van der Waals surface area contributed by atoms with Gasteiger partial charge in [-0.05, 0) is 37.6 Å². The molecule has 0 radical (unpaired) electrons. The fraction of sp³-hybridized carbons (Fsp3) is 0.391. The first-order chi connectivity index (χ1) is 15.4. The van der Waals surface area contributed by atoms with Crippen LogP contribution in [0, 0.1) is 6.92 Å². The number of fused-ring (bicyclic) bond motifs is 1. The Morgan fingerprint density at radius 1 is 1.00 bits per heavy atom. The van der Waals surface area contributed by atoms with Crippen LogP contribution in [-0.4, -0.2) is 67.9 Å². The van der Waals surface area contributed by atoms with E-state index in [0.29, 0.717) is 38.4 Å². The first-order valence-corrected chi connectivity index (χ1v) is 13.2. The van der Waals surface area contributed by atoms with Crippen molar-refractivity contribution in [3.63, 3.8) is 0 Å². The summed E-state index contributed by atoms with van der Waals surface area (Å²) >= 11 is 1.52. The summed E-state index contributed by atoms with van der Waals surface area (Å²) in [5.74, 6) is 0.330. The topological polar surface area (TPSA) is 78.0 Å². The Hall–Kier alpha value is -2.36. The summed E-state index contributed by atoms with van der Waals surface area (Å²) in [6.45, 7) is 3.76. The van der Waals surface area contributed by atoms with E-state index in [9.17, 15) is 18.0 Å². The van der Waals surface area contributed by atoms with Crippen LogP contribution in [0.25, 0.3) is 0 Å². The number of amides is 2. The summed E-state index contributed by atoms with van der Waals surface area (Å²) in [7, 11) is -3.58. The third-order valence-corrected chi connectivity index (χ3v) is 8.78. The lowest BCUT2D eigenvalue weighted by atomic mass is 10.2. The number of para-hydroxylation sites is 1. The van der Waals surface area contributed by atoms with Gasteiger partial charge in [0.2, 0.25) is 21.8 Å². The summed E-state index contributed by atoms with van der Waals surface area (Å²) < 4.78 is 27.4. The van der Waals surface area contributed by atoms with Crippen LogP contribution >= 0.6 is 11.8 Å². The van der Waals surface area contributed by atoms with Gasteiger partial charge in [0.1, 0.15) is 0 Å². The van der Waals surface area contributed by atoms with Gasteiger partial charge in [0.05, 0.1) is 16.3 Å². The molecular formula is C23H27N3O4S2. The Morgan fingerprint density at radius 3 is 2.53 bits per heavy atom. The normalized spacial score (nSPS) is 17.7. The highest BCUT2D eigenvalue weighted by Gasteiger charge is 2.29. The molecular weight excluding hydrogens is 446 g/mol. The van der Waals surface area contributed by atoms with Crippen molar-refractivity contribution in [3.05, 3.63) is 54.1 Å². The maximum atomic E-state index is 13.0. The van der Waals surface area contributed by atoms with Crippen LogP contribution in [0.5, 0.6) is 0 Å². The van der Waals surface area contributed by atoms with Gasteiger partial charge in [-0.3, -0.25) is 9.59 Å². The van der Waals surface area contributed by atoms with Crippen LogP contribution in [-0.2, 0) is 19.6 Å². The van der Waals surface area contributed by atoms with E-state index in [0.717, 1.165) is 16.1 Å². The smallest absolute Gasteiger partial charge is 0.243 e. The molecule has 2 aliphatic heterocycles. The van der Waals surface area contributed by atoms with Gasteiger partial charge in [0.25, 0.3) is 0 Å². The van der Waals surface area contributed by atoms with E-state index >= 15 is 0 Å². The molecule has 32 heavy (non-hydrogen) atoms. The van der Waals surface area contributed by atoms with Gasteiger partial charge in [-0.1, -0.05) is 29.8 Å². The number of carbonyl (C=O) groups excluding carboxylic acids is 2. The largest absolute Gasteiger partial charge is 0.341 e. The van der Waals surface area contributed by atoms with E-state index in [-0.39, 0.29) is 29.7 Å². The highest BCUT2D eigenvalue weighted by atomic mass is 32.2.